The Labute approximate surface area is 455 Å². The number of allylic oxidation sites excluding steroid dienone is 7. The predicted molar refractivity (Wildman–Crippen MR) is 319 cm³/mol. The zero-order valence-corrected chi connectivity index (χ0v) is 48.9. The largest absolute Gasteiger partial charge is 0.466 e. The number of aliphatic hydroxyl groups is 2. The number of rotatable bonds is 60. The van der Waals surface area contributed by atoms with E-state index in [-0.39, 0.29) is 18.5 Å². The molecule has 0 aliphatic rings. The minimum Gasteiger partial charge on any atom is -0.466 e. The summed E-state index contributed by atoms with van der Waals surface area (Å²) in [6.45, 7) is 4.88. The van der Waals surface area contributed by atoms with Gasteiger partial charge >= 0.3 is 5.97 Å². The van der Waals surface area contributed by atoms with Gasteiger partial charge in [0.25, 0.3) is 0 Å². The van der Waals surface area contributed by atoms with Crippen LogP contribution in [0.4, 0.5) is 0 Å². The van der Waals surface area contributed by atoms with Gasteiger partial charge in [0.1, 0.15) is 0 Å². The standard InChI is InChI=1S/C67H125NO5/c1-3-5-7-9-11-13-15-17-19-21-24-29-33-37-41-45-49-53-57-61-67(72)73-62-58-54-50-46-42-38-34-30-26-23-25-28-32-36-40-44-48-52-56-60-66(71)68-64(63-69)65(70)59-55-51-47-43-39-35-31-27-22-20-18-16-14-12-10-8-6-4-2/h11,13,17,19,23,25,55,59,64-65,69-70H,3-10,12,14-16,18,20-22,24,26-54,56-58,60-63H2,1-2H3,(H,68,71)/b13-11-,19-17-,25-23-,59-55+. The maximum Gasteiger partial charge on any atom is 0.305 e. The average Bonchev–Trinajstić information content (AvgIpc) is 3.39. The summed E-state index contributed by atoms with van der Waals surface area (Å²) in [5.74, 6) is -0.0766. The van der Waals surface area contributed by atoms with Gasteiger partial charge in [0.15, 0.2) is 0 Å². The van der Waals surface area contributed by atoms with Crippen LogP contribution in [0.1, 0.15) is 341 Å². The van der Waals surface area contributed by atoms with Gasteiger partial charge in [-0.1, -0.05) is 287 Å². The Morgan fingerprint density at radius 3 is 1.08 bits per heavy atom. The van der Waals surface area contributed by atoms with Crippen molar-refractivity contribution >= 4 is 11.9 Å². The van der Waals surface area contributed by atoms with Crippen LogP contribution in [0.15, 0.2) is 48.6 Å². The second kappa shape index (κ2) is 62.4. The summed E-state index contributed by atoms with van der Waals surface area (Å²) >= 11 is 0. The van der Waals surface area contributed by atoms with Gasteiger partial charge in [-0.3, -0.25) is 9.59 Å². The highest BCUT2D eigenvalue weighted by Crippen LogP contribution is 2.17. The highest BCUT2D eigenvalue weighted by Gasteiger charge is 2.18. The Balaban J connectivity index is 3.46. The highest BCUT2D eigenvalue weighted by atomic mass is 16.5. The molecule has 0 aromatic carbocycles. The second-order valence-corrected chi connectivity index (χ2v) is 22.1. The van der Waals surface area contributed by atoms with Gasteiger partial charge in [-0.05, 0) is 89.9 Å². The van der Waals surface area contributed by atoms with Crippen LogP contribution < -0.4 is 5.32 Å². The fourth-order valence-corrected chi connectivity index (χ4v) is 9.84. The Hall–Kier alpha value is -2.18. The molecule has 0 rings (SSSR count). The molecule has 2 unspecified atom stereocenters. The monoisotopic (exact) mass is 1020 g/mol. The van der Waals surface area contributed by atoms with E-state index in [1.54, 1.807) is 6.08 Å². The maximum absolute atomic E-state index is 12.5. The zero-order valence-electron chi connectivity index (χ0n) is 48.9. The Morgan fingerprint density at radius 1 is 0.384 bits per heavy atom. The molecule has 2 atom stereocenters. The van der Waals surface area contributed by atoms with Crippen molar-refractivity contribution in [3.63, 3.8) is 0 Å². The molecule has 0 saturated carbocycles. The fraction of sp³-hybridized carbons (Fsp3) is 0.851. The van der Waals surface area contributed by atoms with Gasteiger partial charge < -0.3 is 20.3 Å². The summed E-state index contributed by atoms with van der Waals surface area (Å²) in [4.78, 5) is 24.6. The normalized spacial score (nSPS) is 12.9. The van der Waals surface area contributed by atoms with Gasteiger partial charge in [-0.15, -0.1) is 0 Å². The minimum absolute atomic E-state index is 0.000571. The van der Waals surface area contributed by atoms with E-state index in [2.05, 4.69) is 55.6 Å². The molecule has 0 aliphatic carbocycles. The second-order valence-electron chi connectivity index (χ2n) is 22.1. The third kappa shape index (κ3) is 58.9. The van der Waals surface area contributed by atoms with Crippen molar-refractivity contribution in [3.05, 3.63) is 48.6 Å². The lowest BCUT2D eigenvalue weighted by atomic mass is 10.0. The summed E-state index contributed by atoms with van der Waals surface area (Å²) in [6, 6.07) is -0.637. The van der Waals surface area contributed by atoms with Crippen molar-refractivity contribution < 1.29 is 24.5 Å². The number of hydrogen-bond donors (Lipinski definition) is 3. The third-order valence-electron chi connectivity index (χ3n) is 14.8. The van der Waals surface area contributed by atoms with E-state index in [4.69, 9.17) is 4.74 Å². The zero-order chi connectivity index (χ0) is 52.9. The molecule has 0 radical (unpaired) electrons. The minimum atomic E-state index is -0.852. The van der Waals surface area contributed by atoms with E-state index < -0.39 is 12.1 Å². The quantitative estimate of drug-likeness (QED) is 0.0320. The number of unbranched alkanes of at least 4 members (excludes halogenated alkanes) is 43. The van der Waals surface area contributed by atoms with E-state index in [1.165, 1.54) is 257 Å². The molecule has 73 heavy (non-hydrogen) atoms. The molecule has 0 spiro atoms. The predicted octanol–water partition coefficient (Wildman–Crippen LogP) is 20.5. The van der Waals surface area contributed by atoms with Crippen LogP contribution in [0.3, 0.4) is 0 Å². The number of nitrogens with one attached hydrogen (secondary N) is 1. The molecule has 6 nitrogen and oxygen atoms in total. The van der Waals surface area contributed by atoms with Crippen molar-refractivity contribution in [3.8, 4) is 0 Å². The third-order valence-corrected chi connectivity index (χ3v) is 14.8. The fourth-order valence-electron chi connectivity index (χ4n) is 9.84. The van der Waals surface area contributed by atoms with Crippen LogP contribution >= 0.6 is 0 Å². The molecule has 0 fully saturated rings. The Bertz CT molecular complexity index is 1230. The molecule has 0 aromatic heterocycles. The van der Waals surface area contributed by atoms with E-state index in [1.807, 2.05) is 6.08 Å². The first-order valence-corrected chi connectivity index (χ1v) is 32.4. The van der Waals surface area contributed by atoms with Crippen molar-refractivity contribution in [1.29, 1.82) is 0 Å². The van der Waals surface area contributed by atoms with Gasteiger partial charge in [0, 0.05) is 12.8 Å². The molecule has 0 heterocycles. The lowest BCUT2D eigenvalue weighted by Crippen LogP contribution is -2.45. The maximum atomic E-state index is 12.5. The molecular weight excluding hydrogens is 899 g/mol. The van der Waals surface area contributed by atoms with E-state index in [9.17, 15) is 19.8 Å². The first kappa shape index (κ1) is 70.8. The number of ether oxygens (including phenoxy) is 1. The topological polar surface area (TPSA) is 95.9 Å². The molecule has 1 amide bonds. The molecule has 0 saturated heterocycles. The smallest absolute Gasteiger partial charge is 0.305 e. The molecule has 0 bridgehead atoms. The summed E-state index contributed by atoms with van der Waals surface area (Å²) in [7, 11) is 0. The highest BCUT2D eigenvalue weighted by molar-refractivity contribution is 5.76. The van der Waals surface area contributed by atoms with Crippen LogP contribution in [0.2, 0.25) is 0 Å². The Morgan fingerprint density at radius 2 is 0.685 bits per heavy atom. The van der Waals surface area contributed by atoms with Crippen LogP contribution in [0.25, 0.3) is 0 Å². The molecule has 6 heteroatoms. The number of amides is 1. The van der Waals surface area contributed by atoms with Crippen molar-refractivity contribution in [1.82, 2.24) is 5.32 Å². The average molecular weight is 1020 g/mol. The first-order chi connectivity index (χ1) is 36.0. The molecule has 0 aliphatic heterocycles. The van der Waals surface area contributed by atoms with E-state index in [0.29, 0.717) is 19.4 Å². The summed E-state index contributed by atoms with van der Waals surface area (Å²) in [6.07, 6.45) is 80.1. The van der Waals surface area contributed by atoms with Crippen molar-refractivity contribution in [2.24, 2.45) is 0 Å². The number of aliphatic hydroxyl groups excluding tert-OH is 2. The van der Waals surface area contributed by atoms with E-state index >= 15 is 0 Å². The van der Waals surface area contributed by atoms with Crippen LogP contribution in [-0.4, -0.2) is 47.4 Å². The van der Waals surface area contributed by atoms with Gasteiger partial charge in [-0.25, -0.2) is 0 Å². The molecule has 0 aromatic rings. The van der Waals surface area contributed by atoms with Gasteiger partial charge in [0.05, 0.1) is 25.4 Å². The molecule has 428 valence electrons. The number of carbonyl (C=O) groups is 2. The number of carbonyl (C=O) groups excluding carboxylic acids is 2. The number of esters is 1. The van der Waals surface area contributed by atoms with Gasteiger partial charge in [-0.2, -0.15) is 0 Å². The van der Waals surface area contributed by atoms with Crippen LogP contribution in [0, 0.1) is 0 Å². The summed E-state index contributed by atoms with van der Waals surface area (Å²) < 4.78 is 5.49. The van der Waals surface area contributed by atoms with Gasteiger partial charge in [0.2, 0.25) is 5.91 Å². The van der Waals surface area contributed by atoms with Crippen LogP contribution in [-0.2, 0) is 14.3 Å². The lowest BCUT2D eigenvalue weighted by Gasteiger charge is -2.20. The van der Waals surface area contributed by atoms with Crippen molar-refractivity contribution in [2.45, 2.75) is 353 Å². The summed E-state index contributed by atoms with van der Waals surface area (Å²) in [5, 5.41) is 23.2. The SMILES string of the molecule is CCCCC/C=C\C/C=C\CCCCCCCCCCCC(=O)OCCCCCCCCCC/C=C\CCCCCCCCCC(=O)NC(CO)C(O)/C=C/CCCCCCCCCCCCCCCCCC. The van der Waals surface area contributed by atoms with Crippen LogP contribution in [0.5, 0.6) is 0 Å². The first-order valence-electron chi connectivity index (χ1n) is 32.4. The molecular formula is C67H125NO5. The lowest BCUT2D eigenvalue weighted by molar-refractivity contribution is -0.143. The summed E-state index contributed by atoms with van der Waals surface area (Å²) in [5.41, 5.74) is 0. The van der Waals surface area contributed by atoms with Crippen molar-refractivity contribution in [2.75, 3.05) is 13.2 Å². The van der Waals surface area contributed by atoms with E-state index in [0.717, 1.165) is 57.8 Å². The molecule has 3 N–H and O–H groups in total. The Kier molecular flexibility index (Phi) is 60.5. The number of hydrogen-bond acceptors (Lipinski definition) is 5.